The van der Waals surface area contributed by atoms with Crippen LogP contribution >= 0.6 is 0 Å². The number of aryl methyl sites for hydroxylation is 1. The summed E-state index contributed by atoms with van der Waals surface area (Å²) in [5.74, 6) is 1.64. The zero-order chi connectivity index (χ0) is 15.6. The van der Waals surface area contributed by atoms with E-state index in [1.54, 1.807) is 18.2 Å². The van der Waals surface area contributed by atoms with Crippen molar-refractivity contribution in [2.75, 3.05) is 13.7 Å². The molecule has 1 aliphatic carbocycles. The number of benzene rings is 2. The lowest BCUT2D eigenvalue weighted by Gasteiger charge is -2.39. The lowest BCUT2D eigenvalue weighted by atomic mass is 9.73. The van der Waals surface area contributed by atoms with Gasteiger partial charge in [0.2, 0.25) is 0 Å². The maximum absolute atomic E-state index is 5.27. The van der Waals surface area contributed by atoms with Crippen molar-refractivity contribution < 1.29 is 4.74 Å². The number of hydrogen-bond acceptors (Lipinski definition) is 2. The molecular formula is C21H25NO. The van der Waals surface area contributed by atoms with Gasteiger partial charge in [-0.1, -0.05) is 30.3 Å². The lowest BCUT2D eigenvalue weighted by Crippen LogP contribution is -2.43. The fraction of sp³-hybridized carbons (Fsp3) is 0.429. The van der Waals surface area contributed by atoms with Gasteiger partial charge in [0, 0.05) is 6.04 Å². The van der Waals surface area contributed by atoms with Gasteiger partial charge in [0.05, 0.1) is 7.11 Å². The molecule has 0 radical (unpaired) electrons. The number of hydrogen-bond donors (Lipinski definition) is 1. The Morgan fingerprint density at radius 2 is 1.96 bits per heavy atom. The number of methoxy groups -OCH3 is 1. The van der Waals surface area contributed by atoms with E-state index >= 15 is 0 Å². The molecule has 23 heavy (non-hydrogen) atoms. The molecule has 0 aromatic heterocycles. The van der Waals surface area contributed by atoms with E-state index < -0.39 is 0 Å². The fourth-order valence-corrected chi connectivity index (χ4v) is 4.39. The van der Waals surface area contributed by atoms with E-state index in [0.717, 1.165) is 12.2 Å². The molecule has 2 heteroatoms. The van der Waals surface area contributed by atoms with Crippen LogP contribution in [0.2, 0.25) is 0 Å². The van der Waals surface area contributed by atoms with Crippen molar-refractivity contribution in [2.24, 2.45) is 0 Å². The van der Waals surface area contributed by atoms with Crippen LogP contribution in [-0.2, 0) is 12.8 Å². The molecule has 0 bridgehead atoms. The fourth-order valence-electron chi connectivity index (χ4n) is 4.39. The highest BCUT2D eigenvalue weighted by Crippen LogP contribution is 2.39. The third kappa shape index (κ3) is 2.88. The Hall–Kier alpha value is -1.80. The average Bonchev–Trinajstić information content (AvgIpc) is 2.62. The monoisotopic (exact) mass is 307 g/mol. The van der Waals surface area contributed by atoms with E-state index in [9.17, 15) is 0 Å². The van der Waals surface area contributed by atoms with Gasteiger partial charge in [-0.05, 0) is 79.0 Å². The minimum atomic E-state index is 0.688. The van der Waals surface area contributed by atoms with E-state index in [2.05, 4.69) is 47.8 Å². The highest BCUT2D eigenvalue weighted by atomic mass is 16.5. The third-order valence-corrected chi connectivity index (χ3v) is 5.52. The van der Waals surface area contributed by atoms with Crippen LogP contribution < -0.4 is 10.1 Å². The summed E-state index contributed by atoms with van der Waals surface area (Å²) >= 11 is 0. The predicted octanol–water partition coefficient (Wildman–Crippen LogP) is 4.07. The van der Waals surface area contributed by atoms with E-state index in [1.807, 2.05) is 0 Å². The maximum atomic E-state index is 5.27. The molecule has 2 aliphatic rings. The third-order valence-electron chi connectivity index (χ3n) is 5.52. The molecule has 0 saturated carbocycles. The van der Waals surface area contributed by atoms with Crippen LogP contribution in [0.1, 0.15) is 47.4 Å². The first-order chi connectivity index (χ1) is 11.3. The Balaban J connectivity index is 1.66. The Labute approximate surface area is 138 Å². The summed E-state index contributed by atoms with van der Waals surface area (Å²) in [4.78, 5) is 0. The first kappa shape index (κ1) is 14.8. The summed E-state index contributed by atoms with van der Waals surface area (Å²) in [6.45, 7) is 1.19. The molecule has 2 aromatic carbocycles. The number of piperidine rings is 1. The van der Waals surface area contributed by atoms with Gasteiger partial charge in [0.15, 0.2) is 0 Å². The van der Waals surface area contributed by atoms with Gasteiger partial charge in [0.25, 0.3) is 0 Å². The maximum Gasteiger partial charge on any atom is 0.118 e. The number of ether oxygens (including phenoxy) is 1. The van der Waals surface area contributed by atoms with Crippen LogP contribution in [0, 0.1) is 0 Å². The molecular weight excluding hydrogens is 282 g/mol. The summed E-state index contributed by atoms with van der Waals surface area (Å²) in [6.07, 6.45) is 6.18. The average molecular weight is 307 g/mol. The summed E-state index contributed by atoms with van der Waals surface area (Å²) in [7, 11) is 1.72. The normalized spacial score (nSPS) is 23.0. The first-order valence-electron chi connectivity index (χ1n) is 8.82. The Bertz CT molecular complexity index is 677. The molecule has 2 nitrogen and oxygen atoms in total. The van der Waals surface area contributed by atoms with E-state index in [1.165, 1.54) is 43.4 Å². The minimum absolute atomic E-state index is 0.688. The molecule has 2 aromatic rings. The lowest BCUT2D eigenvalue weighted by molar-refractivity contribution is 0.318. The summed E-state index contributed by atoms with van der Waals surface area (Å²) in [5.41, 5.74) is 6.11. The van der Waals surface area contributed by atoms with Crippen molar-refractivity contribution in [1.82, 2.24) is 5.32 Å². The largest absolute Gasteiger partial charge is 0.497 e. The van der Waals surface area contributed by atoms with Gasteiger partial charge in [-0.3, -0.25) is 0 Å². The van der Waals surface area contributed by atoms with Crippen molar-refractivity contribution in [3.63, 3.8) is 0 Å². The number of fused-ring (bicyclic) bond motifs is 3. The van der Waals surface area contributed by atoms with Crippen LogP contribution in [0.3, 0.4) is 0 Å². The molecule has 2 atom stereocenters. The summed E-state index contributed by atoms with van der Waals surface area (Å²) in [6, 6.07) is 16.1. The van der Waals surface area contributed by atoms with E-state index in [-0.39, 0.29) is 0 Å². The smallest absolute Gasteiger partial charge is 0.118 e. The molecule has 0 spiro atoms. The second kappa shape index (κ2) is 6.37. The summed E-state index contributed by atoms with van der Waals surface area (Å²) < 4.78 is 5.27. The number of nitrogens with one attached hydrogen (secondary N) is 1. The highest BCUT2D eigenvalue weighted by molar-refractivity contribution is 5.44. The molecule has 1 aliphatic heterocycles. The molecule has 1 heterocycles. The molecule has 1 fully saturated rings. The molecule has 1 N–H and O–H groups in total. The van der Waals surface area contributed by atoms with Crippen LogP contribution in [0.5, 0.6) is 5.75 Å². The van der Waals surface area contributed by atoms with Crippen molar-refractivity contribution in [3.05, 3.63) is 64.7 Å². The van der Waals surface area contributed by atoms with Crippen molar-refractivity contribution in [2.45, 2.75) is 44.1 Å². The topological polar surface area (TPSA) is 21.3 Å². The van der Waals surface area contributed by atoms with Crippen molar-refractivity contribution in [3.8, 4) is 5.75 Å². The molecule has 0 amide bonds. The van der Waals surface area contributed by atoms with Crippen molar-refractivity contribution >= 4 is 0 Å². The van der Waals surface area contributed by atoms with Gasteiger partial charge in [-0.2, -0.15) is 0 Å². The molecule has 1 unspecified atom stereocenters. The van der Waals surface area contributed by atoms with Gasteiger partial charge in [-0.15, -0.1) is 0 Å². The standard InChI is InChI=1S/C21H25NO/c1-23-18-10-7-15(8-11-18)14-17-5-2-4-16-9-12-20-19(21(16)17)6-3-13-22-20/h2,4-5,7-8,10-11,19-20,22H,3,6,9,12-14H2,1H3/t19?,20-/m0/s1. The Kier molecular flexibility index (Phi) is 4.09. The van der Waals surface area contributed by atoms with Gasteiger partial charge >= 0.3 is 0 Å². The molecule has 4 rings (SSSR count). The van der Waals surface area contributed by atoms with Gasteiger partial charge < -0.3 is 10.1 Å². The van der Waals surface area contributed by atoms with Gasteiger partial charge in [-0.25, -0.2) is 0 Å². The predicted molar refractivity (Wildman–Crippen MR) is 94.3 cm³/mol. The molecule has 120 valence electrons. The van der Waals surface area contributed by atoms with E-state index in [0.29, 0.717) is 12.0 Å². The second-order valence-electron chi connectivity index (χ2n) is 6.86. The minimum Gasteiger partial charge on any atom is -0.497 e. The second-order valence-corrected chi connectivity index (χ2v) is 6.86. The van der Waals surface area contributed by atoms with Crippen molar-refractivity contribution in [1.29, 1.82) is 0 Å². The van der Waals surface area contributed by atoms with Crippen LogP contribution in [0.25, 0.3) is 0 Å². The van der Waals surface area contributed by atoms with Crippen LogP contribution in [-0.4, -0.2) is 19.7 Å². The summed E-state index contributed by atoms with van der Waals surface area (Å²) in [5, 5.41) is 3.75. The first-order valence-corrected chi connectivity index (χ1v) is 8.82. The Morgan fingerprint density at radius 3 is 2.78 bits per heavy atom. The Morgan fingerprint density at radius 1 is 1.09 bits per heavy atom. The molecule has 1 saturated heterocycles. The zero-order valence-electron chi connectivity index (χ0n) is 13.8. The SMILES string of the molecule is COc1ccc(Cc2cccc3c2C2CCCN[C@H]2CC3)cc1. The van der Waals surface area contributed by atoms with E-state index in [4.69, 9.17) is 4.74 Å². The van der Waals surface area contributed by atoms with Crippen LogP contribution in [0.4, 0.5) is 0 Å². The quantitative estimate of drug-likeness (QED) is 0.923. The van der Waals surface area contributed by atoms with Crippen LogP contribution in [0.15, 0.2) is 42.5 Å². The highest BCUT2D eigenvalue weighted by Gasteiger charge is 2.32. The number of rotatable bonds is 3. The van der Waals surface area contributed by atoms with Gasteiger partial charge in [0.1, 0.15) is 5.75 Å². The zero-order valence-corrected chi connectivity index (χ0v) is 13.8.